The molecule has 2 aliphatic carbocycles. The summed E-state index contributed by atoms with van der Waals surface area (Å²) in [6.45, 7) is 5.58. The van der Waals surface area contributed by atoms with E-state index in [1.165, 1.54) is 12.1 Å². The van der Waals surface area contributed by atoms with Crippen molar-refractivity contribution < 1.29 is 37.5 Å². The van der Waals surface area contributed by atoms with E-state index in [4.69, 9.17) is 4.74 Å². The summed E-state index contributed by atoms with van der Waals surface area (Å²) in [5.41, 5.74) is 1.73. The Balaban J connectivity index is 0.647. The number of H-pyrrole nitrogens is 1. The molecule has 10 rings (SSSR count). The number of amides is 5. The molecule has 0 unspecified atom stereocenters. The fourth-order valence-electron chi connectivity index (χ4n) is 12.0. The molecule has 0 radical (unpaired) electrons. The summed E-state index contributed by atoms with van der Waals surface area (Å²) >= 11 is 0. The minimum absolute atomic E-state index is 0.00703. The molecular weight excluding hydrogens is 961 g/mol. The largest absolute Gasteiger partial charge is 0.375 e. The van der Waals surface area contributed by atoms with E-state index >= 15 is 8.78 Å². The summed E-state index contributed by atoms with van der Waals surface area (Å²) in [5.74, 6) is -2.16. The van der Waals surface area contributed by atoms with Gasteiger partial charge in [0.2, 0.25) is 17.7 Å². The maximum atomic E-state index is 15.8. The Bertz CT molecular complexity index is 2770. The highest BCUT2D eigenvalue weighted by atomic mass is 19.1. The number of ether oxygens (including phenoxy) is 1. The topological polar surface area (TPSA) is 181 Å². The van der Waals surface area contributed by atoms with Crippen molar-refractivity contribution in [1.82, 2.24) is 45.3 Å². The maximum absolute atomic E-state index is 15.8. The fraction of sp³-hybridized carbons (Fsp3) is 0.561. The molecule has 16 nitrogen and oxygen atoms in total. The number of nitrogens with one attached hydrogen (secondary N) is 3. The summed E-state index contributed by atoms with van der Waals surface area (Å²) in [7, 11) is 0. The molecule has 5 amide bonds. The molecule has 1 aromatic heterocycles. The van der Waals surface area contributed by atoms with Gasteiger partial charge in [-0.3, -0.25) is 33.7 Å². The number of halogens is 2. The van der Waals surface area contributed by atoms with Gasteiger partial charge in [0.25, 0.3) is 17.4 Å². The zero-order valence-corrected chi connectivity index (χ0v) is 42.9. The van der Waals surface area contributed by atoms with Crippen LogP contribution in [0.5, 0.6) is 0 Å². The van der Waals surface area contributed by atoms with Crippen LogP contribution in [0, 0.1) is 17.6 Å². The van der Waals surface area contributed by atoms with Crippen molar-refractivity contribution >= 4 is 40.3 Å². The fourth-order valence-corrected chi connectivity index (χ4v) is 12.0. The van der Waals surface area contributed by atoms with Crippen LogP contribution in [0.15, 0.2) is 65.5 Å². The molecule has 3 N–H and O–H groups in total. The molecule has 75 heavy (non-hydrogen) atoms. The molecule has 18 heteroatoms. The molecule has 0 spiro atoms. The average Bonchev–Trinajstić information content (AvgIpc) is 4.28. The second-order valence-corrected chi connectivity index (χ2v) is 21.7. The first kappa shape index (κ1) is 52.3. The lowest BCUT2D eigenvalue weighted by molar-refractivity contribution is -0.140. The van der Waals surface area contributed by atoms with Gasteiger partial charge in [0.1, 0.15) is 17.7 Å². The van der Waals surface area contributed by atoms with Gasteiger partial charge >= 0.3 is 0 Å². The minimum atomic E-state index is -0.738. The van der Waals surface area contributed by atoms with Crippen LogP contribution < -0.4 is 16.2 Å². The third-order valence-corrected chi connectivity index (χ3v) is 16.7. The van der Waals surface area contributed by atoms with Crippen molar-refractivity contribution in [2.45, 2.75) is 120 Å². The number of aromatic amines is 1. The number of fused-ring (bicyclic) bond motifs is 1. The van der Waals surface area contributed by atoms with Crippen LogP contribution in [0.25, 0.3) is 10.8 Å². The molecule has 6 fully saturated rings. The minimum Gasteiger partial charge on any atom is -0.375 e. The predicted molar refractivity (Wildman–Crippen MR) is 278 cm³/mol. The quantitative estimate of drug-likeness (QED) is 0.140. The molecule has 0 bridgehead atoms. The molecule has 4 saturated heterocycles. The van der Waals surface area contributed by atoms with E-state index in [0.717, 1.165) is 76.2 Å². The van der Waals surface area contributed by atoms with Gasteiger partial charge in [-0.2, -0.15) is 5.10 Å². The number of rotatable bonds is 15. The summed E-state index contributed by atoms with van der Waals surface area (Å²) in [5, 5.41) is 14.2. The second-order valence-electron chi connectivity index (χ2n) is 21.7. The molecular formula is C57H71F2N9O7. The van der Waals surface area contributed by atoms with Crippen molar-refractivity contribution in [1.29, 1.82) is 0 Å². The van der Waals surface area contributed by atoms with Crippen LogP contribution in [-0.2, 0) is 25.5 Å². The van der Waals surface area contributed by atoms with E-state index in [-0.39, 0.29) is 78.1 Å². The molecule has 4 aromatic rings. The molecule has 6 aliphatic rings. The van der Waals surface area contributed by atoms with Crippen LogP contribution in [0.2, 0.25) is 0 Å². The summed E-state index contributed by atoms with van der Waals surface area (Å²) in [4.78, 5) is 89.3. The first-order valence-corrected chi connectivity index (χ1v) is 27.5. The number of carbonyl (C=O) groups excluding carboxylic acids is 5. The number of benzene rings is 3. The second kappa shape index (κ2) is 23.8. The average molecular weight is 1030 g/mol. The zero-order valence-electron chi connectivity index (χ0n) is 42.9. The van der Waals surface area contributed by atoms with Gasteiger partial charge in [-0.1, -0.05) is 49.6 Å². The van der Waals surface area contributed by atoms with Gasteiger partial charge in [-0.25, -0.2) is 13.9 Å². The molecule has 5 heterocycles. The number of likely N-dealkylation sites (tertiary alicyclic amines) is 3. The van der Waals surface area contributed by atoms with Crippen LogP contribution in [-0.4, -0.2) is 167 Å². The first-order chi connectivity index (χ1) is 36.4. The van der Waals surface area contributed by atoms with Crippen molar-refractivity contribution in [2.24, 2.45) is 5.92 Å². The van der Waals surface area contributed by atoms with E-state index in [1.54, 1.807) is 40.1 Å². The predicted octanol–water partition coefficient (Wildman–Crippen LogP) is 5.39. The Morgan fingerprint density at radius 1 is 0.653 bits per heavy atom. The van der Waals surface area contributed by atoms with Crippen molar-refractivity contribution in [2.75, 3.05) is 78.5 Å². The number of piperazine rings is 1. The van der Waals surface area contributed by atoms with Crippen LogP contribution in [0.3, 0.4) is 0 Å². The smallest absolute Gasteiger partial charge is 0.272 e. The molecule has 1 atom stereocenters. The lowest BCUT2D eigenvalue weighted by atomic mass is 9.83. The third-order valence-electron chi connectivity index (χ3n) is 16.7. The molecule has 2 saturated carbocycles. The lowest BCUT2D eigenvalue weighted by Crippen LogP contribution is -2.55. The normalized spacial score (nSPS) is 20.3. The van der Waals surface area contributed by atoms with Gasteiger partial charge < -0.3 is 35.0 Å². The summed E-state index contributed by atoms with van der Waals surface area (Å²) in [6, 6.07) is 16.1. The Labute approximate surface area is 436 Å². The first-order valence-electron chi connectivity index (χ1n) is 27.5. The summed E-state index contributed by atoms with van der Waals surface area (Å²) < 4.78 is 37.5. The van der Waals surface area contributed by atoms with Crippen LogP contribution in [0.1, 0.15) is 127 Å². The maximum Gasteiger partial charge on any atom is 0.272 e. The van der Waals surface area contributed by atoms with Crippen LogP contribution in [0.4, 0.5) is 8.78 Å². The lowest BCUT2D eigenvalue weighted by Gasteiger charge is -2.40. The highest BCUT2D eigenvalue weighted by Crippen LogP contribution is 2.32. The van der Waals surface area contributed by atoms with E-state index in [2.05, 4.69) is 25.7 Å². The summed E-state index contributed by atoms with van der Waals surface area (Å²) in [6.07, 6.45) is 11.7. The Kier molecular flexibility index (Phi) is 16.6. The number of aromatic nitrogens is 2. The Morgan fingerprint density at radius 3 is 2.00 bits per heavy atom. The van der Waals surface area contributed by atoms with Gasteiger partial charge in [0.15, 0.2) is 0 Å². The zero-order chi connectivity index (χ0) is 52.0. The number of nitrogens with zero attached hydrogens (tertiary/aromatic N) is 6. The van der Waals surface area contributed by atoms with E-state index in [0.29, 0.717) is 106 Å². The standard InChI is InChI=1S/C57H71F2N9O7/c58-48-15-10-37(33-50-44-8-4-5-9-45(44)55(72)63-62-50)32-47(48)56(73)68-30-28-66(29-31-68)52(70)36-64-22-18-42(19-23-64)75-43-20-26-67(27-21-43)57(74)53(39-6-2-1-3-7-39)61-54(71)46-14-11-40(34-49(46)59)38-16-24-65(25-17-38)51(69)35-60-41-12-13-41/h4-5,8-11,14-15,32,34,38-39,41-43,53,60H,1-3,6-7,12-13,16-31,33,35-36H2,(H,61,71)(H,63,72)/t53-/m1/s1. The van der Waals surface area contributed by atoms with E-state index in [1.807, 2.05) is 28.0 Å². The number of hydrogen-bond donors (Lipinski definition) is 3. The number of carbonyl (C=O) groups is 5. The molecule has 400 valence electrons. The highest BCUT2D eigenvalue weighted by molar-refractivity contribution is 5.98. The highest BCUT2D eigenvalue weighted by Gasteiger charge is 2.38. The molecule has 4 aliphatic heterocycles. The van der Waals surface area contributed by atoms with Gasteiger partial charge in [-0.05, 0) is 118 Å². The SMILES string of the molecule is O=C(N[C@@H](C(=O)N1CCC(OC2CCN(CC(=O)N3CCN(C(=O)c4cc(Cc5n[nH]c(=O)c6ccccc56)ccc4F)CC3)CC2)CC1)C1CCCCC1)c1ccc(C2CCN(C(=O)CNC3CC3)CC2)cc1F. The Morgan fingerprint density at radius 2 is 1.31 bits per heavy atom. The Hall–Kier alpha value is -6.11. The van der Waals surface area contributed by atoms with Crippen molar-refractivity contribution in [3.63, 3.8) is 0 Å². The van der Waals surface area contributed by atoms with E-state index < -0.39 is 29.5 Å². The van der Waals surface area contributed by atoms with E-state index in [9.17, 15) is 28.8 Å². The van der Waals surface area contributed by atoms with Crippen molar-refractivity contribution in [3.05, 3.63) is 111 Å². The van der Waals surface area contributed by atoms with Gasteiger partial charge in [0, 0.05) is 83.3 Å². The van der Waals surface area contributed by atoms with Crippen molar-refractivity contribution in [3.8, 4) is 0 Å². The number of piperidine rings is 3. The number of hydrogen-bond acceptors (Lipinski definition) is 10. The monoisotopic (exact) mass is 1030 g/mol. The van der Waals surface area contributed by atoms with Crippen LogP contribution >= 0.6 is 0 Å². The van der Waals surface area contributed by atoms with Gasteiger partial charge in [-0.15, -0.1) is 0 Å². The molecule has 3 aromatic carbocycles. The third kappa shape index (κ3) is 12.8. The van der Waals surface area contributed by atoms with Gasteiger partial charge in [0.05, 0.1) is 47.5 Å².